The third-order valence-electron chi connectivity index (χ3n) is 4.93. The molecule has 0 saturated carbocycles. The lowest BCUT2D eigenvalue weighted by atomic mass is 10.0. The van der Waals surface area contributed by atoms with Crippen LogP contribution in [0.15, 0.2) is 24.7 Å². The van der Waals surface area contributed by atoms with Crippen LogP contribution in [0.5, 0.6) is 6.01 Å². The Morgan fingerprint density at radius 1 is 1.12 bits per heavy atom. The third-order valence-corrected chi connectivity index (χ3v) is 4.93. The molecule has 24 heavy (non-hydrogen) atoms. The second-order valence-corrected chi connectivity index (χ2v) is 6.67. The van der Waals surface area contributed by atoms with Crippen molar-refractivity contribution in [2.45, 2.75) is 13.5 Å². The van der Waals surface area contributed by atoms with Crippen molar-refractivity contribution >= 4 is 5.82 Å². The summed E-state index contributed by atoms with van der Waals surface area (Å²) >= 11 is 0. The van der Waals surface area contributed by atoms with Crippen molar-refractivity contribution in [3.8, 4) is 6.01 Å². The molecule has 0 amide bonds. The van der Waals surface area contributed by atoms with Gasteiger partial charge in [-0.1, -0.05) is 0 Å². The van der Waals surface area contributed by atoms with E-state index in [2.05, 4.69) is 35.8 Å². The van der Waals surface area contributed by atoms with Crippen LogP contribution in [0.4, 0.5) is 5.82 Å². The highest BCUT2D eigenvalue weighted by molar-refractivity contribution is 5.40. The largest absolute Gasteiger partial charge is 0.467 e. The van der Waals surface area contributed by atoms with Crippen LogP contribution < -0.4 is 9.64 Å². The zero-order valence-corrected chi connectivity index (χ0v) is 14.1. The van der Waals surface area contributed by atoms with E-state index in [-0.39, 0.29) is 0 Å². The van der Waals surface area contributed by atoms with Gasteiger partial charge in [-0.05, 0) is 24.8 Å². The lowest BCUT2D eigenvalue weighted by Gasteiger charge is -2.22. The summed E-state index contributed by atoms with van der Waals surface area (Å²) in [6, 6.07) is 4.48. The molecule has 0 aromatic carbocycles. The van der Waals surface area contributed by atoms with Crippen molar-refractivity contribution < 1.29 is 4.74 Å². The summed E-state index contributed by atoms with van der Waals surface area (Å²) in [5.41, 5.74) is 2.04. The summed E-state index contributed by atoms with van der Waals surface area (Å²) in [5, 5.41) is 0. The molecule has 2 fully saturated rings. The second-order valence-electron chi connectivity index (χ2n) is 6.67. The second kappa shape index (κ2) is 6.32. The molecule has 4 heterocycles. The van der Waals surface area contributed by atoms with Gasteiger partial charge in [0.25, 0.3) is 0 Å². The summed E-state index contributed by atoms with van der Waals surface area (Å²) in [5.74, 6) is 2.46. The molecule has 0 aliphatic carbocycles. The van der Waals surface area contributed by atoms with Gasteiger partial charge >= 0.3 is 6.01 Å². The minimum Gasteiger partial charge on any atom is -0.467 e. The van der Waals surface area contributed by atoms with E-state index < -0.39 is 0 Å². The van der Waals surface area contributed by atoms with Crippen LogP contribution in [0.1, 0.15) is 11.4 Å². The number of anilines is 1. The lowest BCUT2D eigenvalue weighted by Crippen LogP contribution is -2.29. The van der Waals surface area contributed by atoms with Gasteiger partial charge in [-0.3, -0.25) is 4.90 Å². The number of nitrogens with zero attached hydrogens (tertiary/aromatic N) is 6. The van der Waals surface area contributed by atoms with Crippen molar-refractivity contribution in [1.29, 1.82) is 0 Å². The molecule has 2 aromatic rings. The molecular formula is C17H22N6O. The van der Waals surface area contributed by atoms with Gasteiger partial charge in [-0.15, -0.1) is 0 Å². The predicted octanol–water partition coefficient (Wildman–Crippen LogP) is 1.15. The molecule has 7 heteroatoms. The van der Waals surface area contributed by atoms with Crippen LogP contribution >= 0.6 is 0 Å². The van der Waals surface area contributed by atoms with Crippen LogP contribution in [0, 0.1) is 18.8 Å². The molecule has 0 spiro atoms. The van der Waals surface area contributed by atoms with Crippen molar-refractivity contribution in [3.63, 3.8) is 0 Å². The fraction of sp³-hybridized carbons (Fsp3) is 0.529. The van der Waals surface area contributed by atoms with E-state index in [0.29, 0.717) is 17.8 Å². The highest BCUT2D eigenvalue weighted by Crippen LogP contribution is 2.33. The first kappa shape index (κ1) is 15.3. The van der Waals surface area contributed by atoms with E-state index in [1.807, 2.05) is 13.0 Å². The van der Waals surface area contributed by atoms with Gasteiger partial charge in [0, 0.05) is 50.7 Å². The summed E-state index contributed by atoms with van der Waals surface area (Å²) in [4.78, 5) is 22.0. The number of rotatable bonds is 4. The number of hydrogen-bond acceptors (Lipinski definition) is 7. The first-order chi connectivity index (χ1) is 11.7. The van der Waals surface area contributed by atoms with Crippen molar-refractivity contribution in [1.82, 2.24) is 24.8 Å². The molecule has 2 atom stereocenters. The maximum absolute atomic E-state index is 5.11. The monoisotopic (exact) mass is 326 g/mol. The van der Waals surface area contributed by atoms with Crippen molar-refractivity contribution in [3.05, 3.63) is 36.0 Å². The molecule has 0 bridgehead atoms. The first-order valence-corrected chi connectivity index (χ1v) is 8.33. The van der Waals surface area contributed by atoms with Gasteiger partial charge in [-0.2, -0.15) is 4.98 Å². The number of ether oxygens (including phenoxy) is 1. The number of aryl methyl sites for hydroxylation is 1. The Balaban J connectivity index is 1.37. The van der Waals surface area contributed by atoms with E-state index >= 15 is 0 Å². The van der Waals surface area contributed by atoms with Gasteiger partial charge in [0.2, 0.25) is 0 Å². The minimum absolute atomic E-state index is 0.442. The Labute approximate surface area is 141 Å². The topological polar surface area (TPSA) is 67.3 Å². The fourth-order valence-electron chi connectivity index (χ4n) is 3.81. The van der Waals surface area contributed by atoms with Gasteiger partial charge in [-0.25, -0.2) is 15.0 Å². The molecule has 2 saturated heterocycles. The normalized spacial score (nSPS) is 23.5. The average Bonchev–Trinajstić information content (AvgIpc) is 3.13. The molecule has 2 aliphatic heterocycles. The van der Waals surface area contributed by atoms with E-state index in [9.17, 15) is 0 Å². The highest BCUT2D eigenvalue weighted by atomic mass is 16.5. The Hall–Kier alpha value is -2.28. The Kier molecular flexibility index (Phi) is 4.02. The van der Waals surface area contributed by atoms with Gasteiger partial charge in [0.15, 0.2) is 0 Å². The molecule has 7 nitrogen and oxygen atoms in total. The summed E-state index contributed by atoms with van der Waals surface area (Å²) in [6.07, 6.45) is 3.42. The number of hydrogen-bond donors (Lipinski definition) is 0. The SMILES string of the molecule is COc1nccc(CN2CC3CN(c4cc(C)ncn4)CC3C2)n1. The number of methoxy groups -OCH3 is 1. The Morgan fingerprint density at radius 2 is 1.92 bits per heavy atom. The Bertz CT molecular complexity index is 710. The van der Waals surface area contributed by atoms with Crippen molar-refractivity contribution in [2.75, 3.05) is 38.2 Å². The van der Waals surface area contributed by atoms with Crippen LogP contribution in [0.2, 0.25) is 0 Å². The van der Waals surface area contributed by atoms with Crippen LogP contribution in [-0.4, -0.2) is 58.1 Å². The molecule has 2 aliphatic rings. The molecular weight excluding hydrogens is 304 g/mol. The lowest BCUT2D eigenvalue weighted by molar-refractivity contribution is 0.301. The summed E-state index contributed by atoms with van der Waals surface area (Å²) in [6.45, 7) is 7.24. The molecule has 4 rings (SSSR count). The molecule has 0 N–H and O–H groups in total. The predicted molar refractivity (Wildman–Crippen MR) is 89.8 cm³/mol. The number of aromatic nitrogens is 4. The number of likely N-dealkylation sites (tertiary alicyclic amines) is 1. The van der Waals surface area contributed by atoms with E-state index in [1.54, 1.807) is 19.6 Å². The molecule has 0 radical (unpaired) electrons. The maximum atomic E-state index is 5.11. The van der Waals surface area contributed by atoms with E-state index in [1.165, 1.54) is 0 Å². The number of fused-ring (bicyclic) bond motifs is 1. The van der Waals surface area contributed by atoms with E-state index in [0.717, 1.165) is 49.9 Å². The average molecular weight is 326 g/mol. The minimum atomic E-state index is 0.442. The van der Waals surface area contributed by atoms with Crippen molar-refractivity contribution in [2.24, 2.45) is 11.8 Å². The van der Waals surface area contributed by atoms with Gasteiger partial charge in [0.1, 0.15) is 12.1 Å². The molecule has 2 unspecified atom stereocenters. The van der Waals surface area contributed by atoms with Crippen LogP contribution in [0.25, 0.3) is 0 Å². The quantitative estimate of drug-likeness (QED) is 0.835. The zero-order chi connectivity index (χ0) is 16.5. The summed E-state index contributed by atoms with van der Waals surface area (Å²) in [7, 11) is 1.60. The zero-order valence-electron chi connectivity index (χ0n) is 14.1. The smallest absolute Gasteiger partial charge is 0.316 e. The molecule has 126 valence electrons. The standard InChI is InChI=1S/C17H22N6O/c1-12-5-16(20-11-19-12)23-8-13-6-22(7-14(13)9-23)10-15-3-4-18-17(21-15)24-2/h3-5,11,13-14H,6-10H2,1-2H3. The maximum Gasteiger partial charge on any atom is 0.316 e. The first-order valence-electron chi connectivity index (χ1n) is 8.33. The molecule has 2 aromatic heterocycles. The summed E-state index contributed by atoms with van der Waals surface area (Å²) < 4.78 is 5.11. The van der Waals surface area contributed by atoms with Crippen LogP contribution in [0.3, 0.4) is 0 Å². The highest BCUT2D eigenvalue weighted by Gasteiger charge is 2.40. The Morgan fingerprint density at radius 3 is 2.62 bits per heavy atom. The van der Waals surface area contributed by atoms with Crippen LogP contribution in [-0.2, 0) is 6.54 Å². The fourth-order valence-corrected chi connectivity index (χ4v) is 3.81. The van der Waals surface area contributed by atoms with Gasteiger partial charge < -0.3 is 9.64 Å². The van der Waals surface area contributed by atoms with E-state index in [4.69, 9.17) is 4.74 Å². The third kappa shape index (κ3) is 3.03. The van der Waals surface area contributed by atoms with Gasteiger partial charge in [0.05, 0.1) is 12.8 Å².